The Bertz CT molecular complexity index is 956. The number of benzene rings is 1. The average molecular weight is 439 g/mol. The molecular weight excluding hydrogens is 420 g/mol. The minimum Gasteiger partial charge on any atom is -0.419 e. The van der Waals surface area contributed by atoms with Crippen molar-refractivity contribution in [2.24, 2.45) is 0 Å². The third kappa shape index (κ3) is 4.62. The Hall–Kier alpha value is -2.60. The maximum absolute atomic E-state index is 8.88. The van der Waals surface area contributed by atoms with Crippen LogP contribution in [-0.2, 0) is 13.1 Å². The molecule has 2 aromatic heterocycles. The van der Waals surface area contributed by atoms with E-state index in [0.29, 0.717) is 23.9 Å². The molecule has 1 aliphatic heterocycles. The molecule has 0 atom stereocenters. The molecule has 142 valence electrons. The SMILES string of the molecule is N#Cc1ccc(-c2nnc(CN3CCN(Cc4ccc(Br)cn4)CC3)o2)cc1. The number of halogens is 1. The highest BCUT2D eigenvalue weighted by Crippen LogP contribution is 2.19. The van der Waals surface area contributed by atoms with Gasteiger partial charge >= 0.3 is 0 Å². The third-order valence-corrected chi connectivity index (χ3v) is 5.19. The maximum atomic E-state index is 8.88. The van der Waals surface area contributed by atoms with Crippen molar-refractivity contribution in [1.82, 2.24) is 25.0 Å². The van der Waals surface area contributed by atoms with Gasteiger partial charge in [0.25, 0.3) is 0 Å². The largest absolute Gasteiger partial charge is 0.419 e. The van der Waals surface area contributed by atoms with Gasteiger partial charge in [-0.1, -0.05) is 0 Å². The number of hydrogen-bond acceptors (Lipinski definition) is 7. The zero-order chi connectivity index (χ0) is 19.3. The predicted octanol–water partition coefficient (Wildman–Crippen LogP) is 3.08. The first-order chi connectivity index (χ1) is 13.7. The van der Waals surface area contributed by atoms with Crippen molar-refractivity contribution in [2.75, 3.05) is 26.2 Å². The van der Waals surface area contributed by atoms with Gasteiger partial charge in [0.1, 0.15) is 0 Å². The van der Waals surface area contributed by atoms with Gasteiger partial charge in [-0.15, -0.1) is 10.2 Å². The summed E-state index contributed by atoms with van der Waals surface area (Å²) in [6.45, 7) is 5.37. The molecule has 7 nitrogen and oxygen atoms in total. The highest BCUT2D eigenvalue weighted by atomic mass is 79.9. The van der Waals surface area contributed by atoms with Gasteiger partial charge in [-0.3, -0.25) is 14.8 Å². The van der Waals surface area contributed by atoms with Crippen LogP contribution >= 0.6 is 15.9 Å². The van der Waals surface area contributed by atoms with E-state index in [1.54, 1.807) is 12.1 Å². The van der Waals surface area contributed by atoms with Crippen molar-refractivity contribution in [3.8, 4) is 17.5 Å². The molecule has 0 radical (unpaired) electrons. The van der Waals surface area contributed by atoms with Gasteiger partial charge in [-0.25, -0.2) is 0 Å². The molecule has 0 bridgehead atoms. The Balaban J connectivity index is 1.29. The second-order valence-corrected chi connectivity index (χ2v) is 7.63. The lowest BCUT2D eigenvalue weighted by Crippen LogP contribution is -2.45. The number of nitrogens with zero attached hydrogens (tertiary/aromatic N) is 6. The standard InChI is InChI=1S/C20H19BrN6O/c21-17-5-6-18(23-12-17)13-26-7-9-27(10-8-26)14-19-24-25-20(28-19)16-3-1-15(11-22)2-4-16/h1-6,12H,7-10,13-14H2. The second-order valence-electron chi connectivity index (χ2n) is 6.71. The van der Waals surface area contributed by atoms with Crippen molar-refractivity contribution in [1.29, 1.82) is 5.26 Å². The fraction of sp³-hybridized carbons (Fsp3) is 0.300. The normalized spacial score (nSPS) is 15.4. The lowest BCUT2D eigenvalue weighted by molar-refractivity contribution is 0.113. The van der Waals surface area contributed by atoms with Crippen LogP contribution in [0.15, 0.2) is 51.5 Å². The van der Waals surface area contributed by atoms with E-state index >= 15 is 0 Å². The molecule has 1 aromatic carbocycles. The number of rotatable bonds is 5. The molecule has 0 N–H and O–H groups in total. The summed E-state index contributed by atoms with van der Waals surface area (Å²) in [5.74, 6) is 1.10. The van der Waals surface area contributed by atoms with E-state index in [4.69, 9.17) is 9.68 Å². The van der Waals surface area contributed by atoms with E-state index in [2.05, 4.69) is 53.0 Å². The van der Waals surface area contributed by atoms with Crippen molar-refractivity contribution in [2.45, 2.75) is 13.1 Å². The maximum Gasteiger partial charge on any atom is 0.247 e. The van der Waals surface area contributed by atoms with E-state index in [1.807, 2.05) is 24.4 Å². The van der Waals surface area contributed by atoms with Crippen LogP contribution in [0.5, 0.6) is 0 Å². The molecule has 1 aliphatic rings. The summed E-state index contributed by atoms with van der Waals surface area (Å²) in [5, 5.41) is 17.2. The van der Waals surface area contributed by atoms with Crippen molar-refractivity contribution < 1.29 is 4.42 Å². The quantitative estimate of drug-likeness (QED) is 0.604. The molecule has 28 heavy (non-hydrogen) atoms. The second kappa shape index (κ2) is 8.61. The molecule has 0 spiro atoms. The Morgan fingerprint density at radius 3 is 2.32 bits per heavy atom. The summed E-state index contributed by atoms with van der Waals surface area (Å²) in [5.41, 5.74) is 2.52. The van der Waals surface area contributed by atoms with Crippen LogP contribution in [0.1, 0.15) is 17.1 Å². The Labute approximate surface area is 171 Å². The number of hydrogen-bond donors (Lipinski definition) is 0. The molecule has 1 saturated heterocycles. The lowest BCUT2D eigenvalue weighted by Gasteiger charge is -2.33. The van der Waals surface area contributed by atoms with Crippen LogP contribution in [0, 0.1) is 11.3 Å². The Kier molecular flexibility index (Phi) is 5.76. The zero-order valence-electron chi connectivity index (χ0n) is 15.3. The molecule has 3 heterocycles. The summed E-state index contributed by atoms with van der Waals surface area (Å²) >= 11 is 3.42. The lowest BCUT2D eigenvalue weighted by atomic mass is 10.1. The fourth-order valence-corrected chi connectivity index (χ4v) is 3.38. The predicted molar refractivity (Wildman–Crippen MR) is 107 cm³/mol. The van der Waals surface area contributed by atoms with Gasteiger partial charge in [0.05, 0.1) is 23.9 Å². The van der Waals surface area contributed by atoms with Gasteiger partial charge < -0.3 is 4.42 Å². The van der Waals surface area contributed by atoms with Gasteiger partial charge in [0.2, 0.25) is 11.8 Å². The summed E-state index contributed by atoms with van der Waals surface area (Å²) < 4.78 is 6.81. The number of nitriles is 1. The zero-order valence-corrected chi connectivity index (χ0v) is 16.8. The van der Waals surface area contributed by atoms with Crippen molar-refractivity contribution >= 4 is 15.9 Å². The molecule has 0 saturated carbocycles. The van der Waals surface area contributed by atoms with Crippen LogP contribution in [0.25, 0.3) is 11.5 Å². The highest BCUT2D eigenvalue weighted by Gasteiger charge is 2.19. The van der Waals surface area contributed by atoms with Crippen LogP contribution < -0.4 is 0 Å². The number of aromatic nitrogens is 3. The Morgan fingerprint density at radius 2 is 1.68 bits per heavy atom. The van der Waals surface area contributed by atoms with Crippen LogP contribution in [0.4, 0.5) is 0 Å². The van der Waals surface area contributed by atoms with E-state index in [0.717, 1.165) is 48.5 Å². The first-order valence-corrected chi connectivity index (χ1v) is 9.87. The molecule has 8 heteroatoms. The molecule has 0 aliphatic carbocycles. The van der Waals surface area contributed by atoms with Crippen LogP contribution in [0.3, 0.4) is 0 Å². The van der Waals surface area contributed by atoms with E-state index in [-0.39, 0.29) is 0 Å². The molecule has 0 unspecified atom stereocenters. The van der Waals surface area contributed by atoms with E-state index < -0.39 is 0 Å². The number of pyridine rings is 1. The van der Waals surface area contributed by atoms with Crippen LogP contribution in [0.2, 0.25) is 0 Å². The topological polar surface area (TPSA) is 82.1 Å². The van der Waals surface area contributed by atoms with E-state index in [1.165, 1.54) is 0 Å². The summed E-state index contributed by atoms with van der Waals surface area (Å²) in [4.78, 5) is 9.17. The molecule has 3 aromatic rings. The summed E-state index contributed by atoms with van der Waals surface area (Å²) in [7, 11) is 0. The van der Waals surface area contributed by atoms with Crippen LogP contribution in [-0.4, -0.2) is 51.2 Å². The van der Waals surface area contributed by atoms with Gasteiger partial charge in [-0.05, 0) is 52.3 Å². The van der Waals surface area contributed by atoms with Gasteiger partial charge in [0.15, 0.2) is 0 Å². The van der Waals surface area contributed by atoms with Crippen molar-refractivity contribution in [3.05, 3.63) is 64.2 Å². The number of piperazine rings is 1. The first kappa shape index (κ1) is 18.7. The smallest absolute Gasteiger partial charge is 0.247 e. The minimum atomic E-state index is 0.486. The van der Waals surface area contributed by atoms with Gasteiger partial charge in [-0.2, -0.15) is 5.26 Å². The van der Waals surface area contributed by atoms with Gasteiger partial charge in [0, 0.05) is 49.0 Å². The first-order valence-electron chi connectivity index (χ1n) is 9.08. The monoisotopic (exact) mass is 438 g/mol. The molecule has 4 rings (SSSR count). The highest BCUT2D eigenvalue weighted by molar-refractivity contribution is 9.10. The van der Waals surface area contributed by atoms with E-state index in [9.17, 15) is 0 Å². The Morgan fingerprint density at radius 1 is 0.964 bits per heavy atom. The molecule has 0 amide bonds. The third-order valence-electron chi connectivity index (χ3n) is 4.73. The summed E-state index contributed by atoms with van der Waals surface area (Å²) in [6.07, 6.45) is 1.84. The molecular formula is C20H19BrN6O. The van der Waals surface area contributed by atoms with Crippen molar-refractivity contribution in [3.63, 3.8) is 0 Å². The average Bonchev–Trinajstić information content (AvgIpc) is 3.20. The molecule has 1 fully saturated rings. The fourth-order valence-electron chi connectivity index (χ4n) is 3.15. The summed E-state index contributed by atoms with van der Waals surface area (Å²) in [6, 6.07) is 13.3. The minimum absolute atomic E-state index is 0.486.